The molecule has 0 aromatic carbocycles. The molecule has 0 saturated heterocycles. The minimum Gasteiger partial charge on any atom is -0.295 e. The van der Waals surface area contributed by atoms with Gasteiger partial charge in [0, 0.05) is 18.8 Å². The maximum absolute atomic E-state index is 13.4. The summed E-state index contributed by atoms with van der Waals surface area (Å²) >= 11 is 5.40. The van der Waals surface area contributed by atoms with E-state index in [1.165, 1.54) is 0 Å². The van der Waals surface area contributed by atoms with E-state index in [1.54, 1.807) is 17.9 Å². The fourth-order valence-electron chi connectivity index (χ4n) is 1.85. The normalized spacial score (nSPS) is 10.9. The van der Waals surface area contributed by atoms with Crippen LogP contribution in [0.2, 0.25) is 5.15 Å². The Bertz CT molecular complexity index is 731. The summed E-state index contributed by atoms with van der Waals surface area (Å²) in [6.07, 6.45) is 2.34. The lowest BCUT2D eigenvalue weighted by Gasteiger charge is -2.04. The number of rotatable bonds is 3. The first-order chi connectivity index (χ1) is 8.93. The molecule has 0 spiro atoms. The van der Waals surface area contributed by atoms with Gasteiger partial charge in [-0.2, -0.15) is 9.49 Å². The van der Waals surface area contributed by atoms with E-state index < -0.39 is 22.2 Å². The Kier molecular flexibility index (Phi) is 3.57. The molecule has 2 aromatic heterocycles. The van der Waals surface area contributed by atoms with Gasteiger partial charge < -0.3 is 0 Å². The molecular formula is C11H12ClFN4O2. The highest BCUT2D eigenvalue weighted by molar-refractivity contribution is 6.29. The van der Waals surface area contributed by atoms with Crippen molar-refractivity contribution < 1.29 is 4.39 Å². The molecule has 0 unspecified atom stereocenters. The van der Waals surface area contributed by atoms with E-state index in [4.69, 9.17) is 11.6 Å². The predicted octanol–water partition coefficient (Wildman–Crippen LogP) is 0.673. The largest absolute Gasteiger partial charge is 0.329 e. The van der Waals surface area contributed by atoms with Crippen molar-refractivity contribution in [1.82, 2.24) is 19.3 Å². The molecule has 2 rings (SSSR count). The van der Waals surface area contributed by atoms with Crippen molar-refractivity contribution in [2.75, 3.05) is 0 Å². The topological polar surface area (TPSA) is 72.7 Å². The molecule has 2 heterocycles. The number of nitrogens with zero attached hydrogens (tertiary/aromatic N) is 3. The molecule has 0 bridgehead atoms. The van der Waals surface area contributed by atoms with E-state index >= 15 is 0 Å². The highest BCUT2D eigenvalue weighted by atomic mass is 35.5. The number of hydrogen-bond acceptors (Lipinski definition) is 3. The van der Waals surface area contributed by atoms with E-state index in [0.29, 0.717) is 12.0 Å². The maximum atomic E-state index is 13.4. The van der Waals surface area contributed by atoms with Gasteiger partial charge in [-0.3, -0.25) is 19.0 Å². The summed E-state index contributed by atoms with van der Waals surface area (Å²) in [6, 6.07) is 0. The molecule has 0 aliphatic heterocycles. The van der Waals surface area contributed by atoms with Crippen molar-refractivity contribution in [3.8, 4) is 0 Å². The van der Waals surface area contributed by atoms with Crippen LogP contribution in [-0.4, -0.2) is 19.3 Å². The van der Waals surface area contributed by atoms with Crippen LogP contribution in [0.5, 0.6) is 0 Å². The van der Waals surface area contributed by atoms with Gasteiger partial charge in [0.1, 0.15) is 0 Å². The summed E-state index contributed by atoms with van der Waals surface area (Å²) in [4.78, 5) is 25.4. The summed E-state index contributed by atoms with van der Waals surface area (Å²) in [5.41, 5.74) is -0.342. The molecule has 0 atom stereocenters. The molecule has 0 aliphatic carbocycles. The summed E-state index contributed by atoms with van der Waals surface area (Å²) in [6.45, 7) is 1.86. The second-order valence-corrected chi connectivity index (χ2v) is 4.46. The zero-order valence-electron chi connectivity index (χ0n) is 10.4. The predicted molar refractivity (Wildman–Crippen MR) is 68.0 cm³/mol. The number of halogens is 2. The molecule has 6 nitrogen and oxygen atoms in total. The number of aromatic amines is 1. The van der Waals surface area contributed by atoms with Gasteiger partial charge in [0.25, 0.3) is 5.56 Å². The van der Waals surface area contributed by atoms with Crippen LogP contribution in [0.1, 0.15) is 18.2 Å². The second kappa shape index (κ2) is 5.00. The number of nitrogens with one attached hydrogen (secondary N) is 1. The first kappa shape index (κ1) is 13.5. The number of hydrogen-bond donors (Lipinski definition) is 1. The third-order valence-corrected chi connectivity index (χ3v) is 3.00. The lowest BCUT2D eigenvalue weighted by Crippen LogP contribution is -2.37. The first-order valence-electron chi connectivity index (χ1n) is 5.63. The van der Waals surface area contributed by atoms with Crippen LogP contribution in [0.3, 0.4) is 0 Å². The molecular weight excluding hydrogens is 275 g/mol. The van der Waals surface area contributed by atoms with E-state index in [9.17, 15) is 14.0 Å². The monoisotopic (exact) mass is 286 g/mol. The lowest BCUT2D eigenvalue weighted by atomic mass is 10.2. The van der Waals surface area contributed by atoms with Crippen molar-refractivity contribution in [3.63, 3.8) is 0 Å². The first-order valence-corrected chi connectivity index (χ1v) is 6.01. The van der Waals surface area contributed by atoms with E-state index in [0.717, 1.165) is 10.3 Å². The molecule has 0 amide bonds. The minimum atomic E-state index is -1.16. The highest BCUT2D eigenvalue weighted by Gasteiger charge is 2.14. The van der Waals surface area contributed by atoms with E-state index in [1.807, 2.05) is 6.92 Å². The Morgan fingerprint density at radius 2 is 2.16 bits per heavy atom. The summed E-state index contributed by atoms with van der Waals surface area (Å²) < 4.78 is 15.7. The smallest absolute Gasteiger partial charge is 0.295 e. The average Bonchev–Trinajstić information content (AvgIpc) is 2.72. The maximum Gasteiger partial charge on any atom is 0.329 e. The summed E-state index contributed by atoms with van der Waals surface area (Å²) in [5, 5.41) is 3.62. The fourth-order valence-corrected chi connectivity index (χ4v) is 2.01. The molecule has 102 valence electrons. The van der Waals surface area contributed by atoms with Crippen molar-refractivity contribution >= 4 is 11.6 Å². The van der Waals surface area contributed by atoms with Gasteiger partial charge in [0.2, 0.25) is 5.82 Å². The third-order valence-electron chi connectivity index (χ3n) is 2.74. The van der Waals surface area contributed by atoms with Gasteiger partial charge in [-0.15, -0.1) is 0 Å². The second-order valence-electron chi connectivity index (χ2n) is 4.08. The zero-order valence-corrected chi connectivity index (χ0v) is 11.2. The molecule has 2 aromatic rings. The average molecular weight is 287 g/mol. The zero-order chi connectivity index (χ0) is 14.2. The molecule has 0 radical (unpaired) electrons. The highest BCUT2D eigenvalue weighted by Crippen LogP contribution is 2.08. The minimum absolute atomic E-state index is 0.0424. The fraction of sp³-hybridized carbons (Fsp3) is 0.364. The Balaban J connectivity index is 2.53. The van der Waals surface area contributed by atoms with Gasteiger partial charge in [0.15, 0.2) is 5.15 Å². The molecule has 0 aliphatic rings. The van der Waals surface area contributed by atoms with E-state index in [-0.39, 0.29) is 6.54 Å². The Hall–Kier alpha value is -1.89. The van der Waals surface area contributed by atoms with Crippen molar-refractivity contribution in [1.29, 1.82) is 0 Å². The third kappa shape index (κ3) is 2.46. The molecule has 0 fully saturated rings. The van der Waals surface area contributed by atoms with Crippen LogP contribution in [0, 0.1) is 5.82 Å². The summed E-state index contributed by atoms with van der Waals surface area (Å²) in [7, 11) is 1.73. The lowest BCUT2D eigenvalue weighted by molar-refractivity contribution is 0.557. The number of H-pyrrole nitrogens is 1. The van der Waals surface area contributed by atoms with E-state index in [2.05, 4.69) is 10.1 Å². The Labute approximate surface area is 112 Å². The van der Waals surface area contributed by atoms with Crippen molar-refractivity contribution in [2.45, 2.75) is 19.9 Å². The molecule has 0 saturated carbocycles. The van der Waals surface area contributed by atoms with Crippen LogP contribution in [0.15, 0.2) is 15.8 Å². The van der Waals surface area contributed by atoms with Crippen molar-refractivity contribution in [2.24, 2.45) is 7.05 Å². The van der Waals surface area contributed by atoms with Crippen LogP contribution in [-0.2, 0) is 20.0 Å². The standard InChI is InChI=1S/C11H12ClFN4O2/c1-3-7-6(4-16(2)15-7)5-17-10(18)8(13)9(12)14-11(17)19/h4H,3,5H2,1-2H3,(H,14,19). The number of aryl methyl sites for hydroxylation is 2. The van der Waals surface area contributed by atoms with Gasteiger partial charge >= 0.3 is 5.69 Å². The SMILES string of the molecule is CCc1nn(C)cc1Cn1c(=O)[nH]c(Cl)c(F)c1=O. The molecule has 19 heavy (non-hydrogen) atoms. The van der Waals surface area contributed by atoms with Gasteiger partial charge in [-0.25, -0.2) is 4.79 Å². The van der Waals surface area contributed by atoms with Gasteiger partial charge in [-0.05, 0) is 6.42 Å². The summed E-state index contributed by atoms with van der Waals surface area (Å²) in [5.74, 6) is -1.16. The Morgan fingerprint density at radius 3 is 2.79 bits per heavy atom. The quantitative estimate of drug-likeness (QED) is 0.843. The van der Waals surface area contributed by atoms with Crippen LogP contribution >= 0.6 is 11.6 Å². The Morgan fingerprint density at radius 1 is 1.47 bits per heavy atom. The molecule has 8 heteroatoms. The van der Waals surface area contributed by atoms with Crippen LogP contribution < -0.4 is 11.2 Å². The van der Waals surface area contributed by atoms with Crippen LogP contribution in [0.4, 0.5) is 4.39 Å². The van der Waals surface area contributed by atoms with Gasteiger partial charge in [0.05, 0.1) is 12.2 Å². The molecule has 1 N–H and O–H groups in total. The number of aromatic nitrogens is 4. The van der Waals surface area contributed by atoms with Crippen molar-refractivity contribution in [3.05, 3.63) is 49.3 Å². The van der Waals surface area contributed by atoms with Crippen LogP contribution in [0.25, 0.3) is 0 Å². The van der Waals surface area contributed by atoms with Gasteiger partial charge in [-0.1, -0.05) is 18.5 Å².